The predicted molar refractivity (Wildman–Crippen MR) is 62.6 cm³/mol. The summed E-state index contributed by atoms with van der Waals surface area (Å²) in [6.45, 7) is 9.22. The van der Waals surface area contributed by atoms with Crippen molar-refractivity contribution >= 4 is 23.1 Å². The maximum atomic E-state index is 6.86. The molecule has 0 bridgehead atoms. The Kier molecular flexibility index (Phi) is 6.83. The molecule has 0 aliphatic heterocycles. The summed E-state index contributed by atoms with van der Waals surface area (Å²) in [6.07, 6.45) is 4.22. The minimum Gasteiger partial charge on any atom is -0.308 e. The lowest BCUT2D eigenvalue weighted by Gasteiger charge is -1.88. The van der Waals surface area contributed by atoms with Crippen molar-refractivity contribution in [3.8, 4) is 0 Å². The van der Waals surface area contributed by atoms with Gasteiger partial charge < -0.3 is 5.41 Å². The highest BCUT2D eigenvalue weighted by Crippen LogP contribution is 2.12. The predicted octanol–water partition coefficient (Wildman–Crippen LogP) is 3.99. The first kappa shape index (κ1) is 11.8. The van der Waals surface area contributed by atoms with E-state index in [-0.39, 0.29) is 0 Å². The first-order valence-corrected chi connectivity index (χ1v) is 5.03. The highest BCUT2D eigenvalue weighted by molar-refractivity contribution is 7.08. The quantitative estimate of drug-likeness (QED) is 0.554. The van der Waals surface area contributed by atoms with E-state index in [1.165, 1.54) is 6.21 Å². The molecule has 1 N–H and O–H groups in total. The minimum absolute atomic E-state index is 0.774. The van der Waals surface area contributed by atoms with Gasteiger partial charge in [-0.15, -0.1) is 6.58 Å². The number of nitrogens with one attached hydrogen (secondary N) is 1. The van der Waals surface area contributed by atoms with Gasteiger partial charge in [0.15, 0.2) is 0 Å². The van der Waals surface area contributed by atoms with Crippen LogP contribution in [0.25, 0.3) is 5.57 Å². The van der Waals surface area contributed by atoms with E-state index >= 15 is 0 Å². The van der Waals surface area contributed by atoms with Gasteiger partial charge in [-0.3, -0.25) is 0 Å². The molecule has 1 aromatic rings. The normalized spacial score (nSPS) is 8.08. The lowest BCUT2D eigenvalue weighted by atomic mass is 10.2. The third kappa shape index (κ3) is 5.15. The fourth-order valence-electron chi connectivity index (χ4n) is 0.531. The van der Waals surface area contributed by atoms with Crippen molar-refractivity contribution in [2.24, 2.45) is 0 Å². The Morgan fingerprint density at radius 3 is 2.62 bits per heavy atom. The van der Waals surface area contributed by atoms with Crippen molar-refractivity contribution in [3.05, 3.63) is 41.6 Å². The molecule has 0 saturated heterocycles. The van der Waals surface area contributed by atoms with Gasteiger partial charge in [-0.2, -0.15) is 11.3 Å². The van der Waals surface area contributed by atoms with Crippen molar-refractivity contribution < 1.29 is 0 Å². The Hall–Kier alpha value is -1.15. The standard InChI is InChI=1S/C7H7NS.C4H8/c1-6(4-8)7-2-3-9-5-7;1-3-4-2/h2-5,8H,1H2;3H,1,4H2,2H3. The Labute approximate surface area is 83.9 Å². The van der Waals surface area contributed by atoms with Gasteiger partial charge in [-0.25, -0.2) is 0 Å². The van der Waals surface area contributed by atoms with E-state index in [9.17, 15) is 0 Å². The van der Waals surface area contributed by atoms with E-state index in [1.807, 2.05) is 22.9 Å². The molecule has 1 heterocycles. The fourth-order valence-corrected chi connectivity index (χ4v) is 1.21. The lowest BCUT2D eigenvalue weighted by molar-refractivity contribution is 1.23. The maximum absolute atomic E-state index is 6.86. The van der Waals surface area contributed by atoms with Gasteiger partial charge in [0.1, 0.15) is 0 Å². The fraction of sp³-hybridized carbons (Fsp3) is 0.182. The number of rotatable bonds is 3. The van der Waals surface area contributed by atoms with E-state index in [1.54, 1.807) is 11.3 Å². The second-order valence-electron chi connectivity index (χ2n) is 2.38. The van der Waals surface area contributed by atoms with Gasteiger partial charge in [-0.1, -0.05) is 19.6 Å². The number of allylic oxidation sites excluding steroid dienone is 2. The zero-order chi connectivity index (χ0) is 10.1. The van der Waals surface area contributed by atoms with E-state index in [4.69, 9.17) is 5.41 Å². The molecule has 0 aliphatic rings. The van der Waals surface area contributed by atoms with Crippen molar-refractivity contribution in [1.29, 1.82) is 5.41 Å². The molecule has 2 heteroatoms. The SMILES string of the molecule is C=C(C=N)c1ccsc1.C=CCC. The summed E-state index contributed by atoms with van der Waals surface area (Å²) >= 11 is 1.62. The lowest BCUT2D eigenvalue weighted by Crippen LogP contribution is -1.75. The summed E-state index contributed by atoms with van der Waals surface area (Å²) in [7, 11) is 0. The highest BCUT2D eigenvalue weighted by Gasteiger charge is 1.91. The van der Waals surface area contributed by atoms with Crippen LogP contribution in [0.4, 0.5) is 0 Å². The van der Waals surface area contributed by atoms with Gasteiger partial charge in [0.2, 0.25) is 0 Å². The van der Waals surface area contributed by atoms with Crippen LogP contribution in [0.3, 0.4) is 0 Å². The molecule has 0 fully saturated rings. The molecule has 0 unspecified atom stereocenters. The Morgan fingerprint density at radius 2 is 2.31 bits per heavy atom. The third-order valence-corrected chi connectivity index (χ3v) is 2.04. The molecule has 1 nitrogen and oxygen atoms in total. The molecule has 0 radical (unpaired) electrons. The zero-order valence-electron chi connectivity index (χ0n) is 7.92. The van der Waals surface area contributed by atoms with Crippen molar-refractivity contribution in [2.75, 3.05) is 0 Å². The van der Waals surface area contributed by atoms with E-state index in [0.717, 1.165) is 17.6 Å². The molecule has 0 aromatic carbocycles. The van der Waals surface area contributed by atoms with Gasteiger partial charge >= 0.3 is 0 Å². The molecule has 1 aromatic heterocycles. The van der Waals surface area contributed by atoms with Crippen molar-refractivity contribution in [1.82, 2.24) is 0 Å². The van der Waals surface area contributed by atoms with Crippen LogP contribution in [0.1, 0.15) is 18.9 Å². The van der Waals surface area contributed by atoms with Crippen LogP contribution in [0.5, 0.6) is 0 Å². The second-order valence-corrected chi connectivity index (χ2v) is 3.16. The summed E-state index contributed by atoms with van der Waals surface area (Å²) in [5.41, 5.74) is 1.83. The first-order valence-electron chi connectivity index (χ1n) is 4.09. The molecule has 0 spiro atoms. The molecule has 0 saturated carbocycles. The van der Waals surface area contributed by atoms with Crippen molar-refractivity contribution in [3.63, 3.8) is 0 Å². The van der Waals surface area contributed by atoms with E-state index in [0.29, 0.717) is 0 Å². The third-order valence-electron chi connectivity index (χ3n) is 1.35. The monoisotopic (exact) mass is 193 g/mol. The van der Waals surface area contributed by atoms with Crippen LogP contribution >= 0.6 is 11.3 Å². The van der Waals surface area contributed by atoms with E-state index in [2.05, 4.69) is 20.1 Å². The maximum Gasteiger partial charge on any atom is 0.0250 e. The van der Waals surface area contributed by atoms with E-state index < -0.39 is 0 Å². The average molecular weight is 193 g/mol. The molecular weight excluding hydrogens is 178 g/mol. The summed E-state index contributed by atoms with van der Waals surface area (Å²) in [6, 6.07) is 1.96. The Bertz CT molecular complexity index is 260. The van der Waals surface area contributed by atoms with Crippen molar-refractivity contribution in [2.45, 2.75) is 13.3 Å². The summed E-state index contributed by atoms with van der Waals surface area (Å²) in [4.78, 5) is 0. The number of hydrogen-bond acceptors (Lipinski definition) is 2. The second kappa shape index (κ2) is 7.50. The molecular formula is C11H15NS. The Morgan fingerprint density at radius 1 is 1.69 bits per heavy atom. The van der Waals surface area contributed by atoms with Gasteiger partial charge in [-0.05, 0) is 34.4 Å². The van der Waals surface area contributed by atoms with Crippen LogP contribution in [0, 0.1) is 5.41 Å². The molecule has 0 aliphatic carbocycles. The summed E-state index contributed by atoms with van der Waals surface area (Å²) in [5, 5.41) is 10.8. The van der Waals surface area contributed by atoms with Gasteiger partial charge in [0.25, 0.3) is 0 Å². The van der Waals surface area contributed by atoms with Crippen LogP contribution in [-0.4, -0.2) is 6.21 Å². The van der Waals surface area contributed by atoms with Gasteiger partial charge in [0.05, 0.1) is 0 Å². The largest absolute Gasteiger partial charge is 0.308 e. The smallest absolute Gasteiger partial charge is 0.0250 e. The van der Waals surface area contributed by atoms with Crippen LogP contribution in [0.2, 0.25) is 0 Å². The number of thiophene rings is 1. The zero-order valence-corrected chi connectivity index (χ0v) is 8.73. The van der Waals surface area contributed by atoms with Crippen LogP contribution in [0.15, 0.2) is 36.1 Å². The molecule has 70 valence electrons. The molecule has 0 amide bonds. The molecule has 1 rings (SSSR count). The minimum atomic E-state index is 0.774. The Balaban J connectivity index is 0.000000310. The molecule has 13 heavy (non-hydrogen) atoms. The first-order chi connectivity index (χ1) is 6.26. The highest BCUT2D eigenvalue weighted by atomic mass is 32.1. The number of hydrogen-bond donors (Lipinski definition) is 1. The topological polar surface area (TPSA) is 23.9 Å². The summed E-state index contributed by atoms with van der Waals surface area (Å²) in [5.74, 6) is 0. The van der Waals surface area contributed by atoms with Crippen LogP contribution in [-0.2, 0) is 0 Å². The summed E-state index contributed by atoms with van der Waals surface area (Å²) < 4.78 is 0. The average Bonchev–Trinajstić information content (AvgIpc) is 2.70. The van der Waals surface area contributed by atoms with Crippen LogP contribution < -0.4 is 0 Å². The van der Waals surface area contributed by atoms with Gasteiger partial charge in [0, 0.05) is 6.21 Å². The molecule has 0 atom stereocenters.